The Bertz CT molecular complexity index is 91.3. The van der Waals surface area contributed by atoms with Crippen molar-refractivity contribution in [3.63, 3.8) is 0 Å². The van der Waals surface area contributed by atoms with Crippen molar-refractivity contribution >= 4 is 28.1 Å². The van der Waals surface area contributed by atoms with Crippen LogP contribution in [0.15, 0.2) is 12.2 Å². The van der Waals surface area contributed by atoms with Crippen molar-refractivity contribution in [2.75, 3.05) is 0 Å². The Morgan fingerprint density at radius 1 is 1.40 bits per heavy atom. The quantitative estimate of drug-likeness (QED) is 0.310. The summed E-state index contributed by atoms with van der Waals surface area (Å²) in [6.07, 6.45) is 6.83. The molecule has 0 fully saturated rings. The van der Waals surface area contributed by atoms with Gasteiger partial charge in [0.25, 0.3) is 0 Å². The van der Waals surface area contributed by atoms with Crippen LogP contribution in [0.25, 0.3) is 0 Å². The molecule has 0 radical (unpaired) electrons. The summed E-state index contributed by atoms with van der Waals surface area (Å²) in [6, 6.07) is 3.00. The lowest BCUT2D eigenvalue weighted by atomic mass is 10.4. The Morgan fingerprint density at radius 3 is 2.60 bits per heavy atom. The number of rotatable bonds is 5. The highest BCUT2D eigenvalue weighted by atomic mass is 127. The van der Waals surface area contributed by atoms with E-state index in [4.69, 9.17) is 0 Å². The summed E-state index contributed by atoms with van der Waals surface area (Å²) in [5, 5.41) is 0. The van der Waals surface area contributed by atoms with Crippen LogP contribution >= 0.6 is 21.8 Å². The molecule has 0 N–H and O–H groups in total. The zero-order valence-corrected chi connectivity index (χ0v) is 10.3. The molecule has 60 valence electrons. The summed E-state index contributed by atoms with van der Waals surface area (Å²) in [4.78, 5) is 0. The minimum Gasteiger partial charge on any atom is -0.123 e. The Hall–Kier alpha value is 0.687. The first-order valence-electron chi connectivity index (χ1n) is 4.06. The third-order valence-corrected chi connectivity index (χ3v) is 7.38. The molecule has 0 amide bonds. The third kappa shape index (κ3) is 6.80. The number of halogens is 1. The standard InChI is InChI=1S/C8H17ISi/c1-3-5-6-8-10(9)7-4-2/h3,5,10H,4,6-8H2,1-2H3. The van der Waals surface area contributed by atoms with Gasteiger partial charge < -0.3 is 0 Å². The molecule has 0 bridgehead atoms. The van der Waals surface area contributed by atoms with Crippen molar-refractivity contribution in [3.8, 4) is 0 Å². The first-order chi connectivity index (χ1) is 4.81. The van der Waals surface area contributed by atoms with Gasteiger partial charge in [0, 0.05) is 0 Å². The predicted molar refractivity (Wildman–Crippen MR) is 60.5 cm³/mol. The lowest BCUT2D eigenvalue weighted by molar-refractivity contribution is 1.05. The second kappa shape index (κ2) is 7.79. The van der Waals surface area contributed by atoms with Gasteiger partial charge >= 0.3 is 0 Å². The molecule has 0 heterocycles. The van der Waals surface area contributed by atoms with Gasteiger partial charge in [-0.3, -0.25) is 0 Å². The summed E-state index contributed by atoms with van der Waals surface area (Å²) >= 11 is 2.69. The zero-order chi connectivity index (χ0) is 7.82. The van der Waals surface area contributed by atoms with Gasteiger partial charge in [0.05, 0.1) is 0 Å². The molecule has 0 saturated carbocycles. The minimum atomic E-state index is -0.315. The van der Waals surface area contributed by atoms with Gasteiger partial charge in [-0.25, -0.2) is 0 Å². The topological polar surface area (TPSA) is 0 Å². The van der Waals surface area contributed by atoms with Gasteiger partial charge in [-0.1, -0.05) is 31.5 Å². The Morgan fingerprint density at radius 2 is 2.10 bits per heavy atom. The second-order valence-electron chi connectivity index (χ2n) is 2.53. The van der Waals surface area contributed by atoms with Crippen LogP contribution in [0.5, 0.6) is 0 Å². The Kier molecular flexibility index (Phi) is 8.33. The fourth-order valence-corrected chi connectivity index (χ4v) is 5.32. The highest BCUT2D eigenvalue weighted by molar-refractivity contribution is 14.1. The van der Waals surface area contributed by atoms with Gasteiger partial charge in [-0.15, -0.1) is 21.8 Å². The maximum absolute atomic E-state index is 2.69. The van der Waals surface area contributed by atoms with E-state index in [9.17, 15) is 0 Å². The average Bonchev–Trinajstić information content (AvgIpc) is 1.89. The maximum Gasteiger partial charge on any atom is 0.110 e. The highest BCUT2D eigenvalue weighted by Gasteiger charge is 2.01. The van der Waals surface area contributed by atoms with E-state index in [-0.39, 0.29) is 6.29 Å². The minimum absolute atomic E-state index is 0.315. The average molecular weight is 268 g/mol. The molecule has 0 spiro atoms. The molecule has 1 atom stereocenters. The van der Waals surface area contributed by atoms with Crippen LogP contribution in [0.1, 0.15) is 26.7 Å². The maximum atomic E-state index is 2.69. The van der Waals surface area contributed by atoms with Crippen LogP contribution in [0.4, 0.5) is 0 Å². The van der Waals surface area contributed by atoms with Crippen LogP contribution in [-0.2, 0) is 0 Å². The molecule has 0 aromatic carbocycles. The molecule has 0 aromatic heterocycles. The summed E-state index contributed by atoms with van der Waals surface area (Å²) in [5.41, 5.74) is 0. The van der Waals surface area contributed by atoms with Crippen LogP contribution in [-0.4, -0.2) is 6.29 Å². The van der Waals surface area contributed by atoms with E-state index in [1.165, 1.54) is 24.9 Å². The highest BCUT2D eigenvalue weighted by Crippen LogP contribution is 2.12. The molecule has 0 saturated heterocycles. The monoisotopic (exact) mass is 268 g/mol. The SMILES string of the molecule is CC=CCC[SiH](I)CCC. The largest absolute Gasteiger partial charge is 0.123 e. The van der Waals surface area contributed by atoms with Crippen LogP contribution < -0.4 is 0 Å². The molecular formula is C8H17ISi. The molecule has 2 heteroatoms. The molecule has 0 aliphatic carbocycles. The summed E-state index contributed by atoms with van der Waals surface area (Å²) in [5.74, 6) is 0. The van der Waals surface area contributed by atoms with Crippen molar-refractivity contribution in [2.24, 2.45) is 0 Å². The third-order valence-electron chi connectivity index (χ3n) is 1.48. The molecule has 1 unspecified atom stereocenters. The van der Waals surface area contributed by atoms with Crippen molar-refractivity contribution in [3.05, 3.63) is 12.2 Å². The van der Waals surface area contributed by atoms with Crippen molar-refractivity contribution in [1.82, 2.24) is 0 Å². The molecule has 0 aromatic rings. The fourth-order valence-electron chi connectivity index (χ4n) is 0.901. The molecule has 0 aliphatic heterocycles. The molecule has 0 rings (SSSR count). The van der Waals surface area contributed by atoms with Gasteiger partial charge in [0.2, 0.25) is 0 Å². The fraction of sp³-hybridized carbons (Fsp3) is 0.750. The summed E-state index contributed by atoms with van der Waals surface area (Å²) < 4.78 is 0. The summed E-state index contributed by atoms with van der Waals surface area (Å²) in [6.45, 7) is 4.39. The molecule has 0 nitrogen and oxygen atoms in total. The predicted octanol–water partition coefficient (Wildman–Crippen LogP) is 3.52. The van der Waals surface area contributed by atoms with Crippen LogP contribution in [0.3, 0.4) is 0 Å². The zero-order valence-electron chi connectivity index (χ0n) is 6.94. The Balaban J connectivity index is 3.12. The van der Waals surface area contributed by atoms with Crippen molar-refractivity contribution in [1.29, 1.82) is 0 Å². The second-order valence-corrected chi connectivity index (χ2v) is 10.2. The van der Waals surface area contributed by atoms with Crippen LogP contribution in [0, 0.1) is 0 Å². The smallest absolute Gasteiger partial charge is 0.110 e. The molecule has 0 aliphatic rings. The van der Waals surface area contributed by atoms with E-state index in [1.54, 1.807) is 0 Å². The lowest BCUT2D eigenvalue weighted by Gasteiger charge is -2.02. The first kappa shape index (κ1) is 10.7. The van der Waals surface area contributed by atoms with E-state index in [2.05, 4.69) is 47.8 Å². The van der Waals surface area contributed by atoms with E-state index < -0.39 is 0 Å². The van der Waals surface area contributed by atoms with Crippen LogP contribution in [0.2, 0.25) is 12.1 Å². The van der Waals surface area contributed by atoms with E-state index in [0.717, 1.165) is 0 Å². The first-order valence-corrected chi connectivity index (χ1v) is 9.87. The van der Waals surface area contributed by atoms with Gasteiger partial charge in [0.1, 0.15) is 6.29 Å². The van der Waals surface area contributed by atoms with Gasteiger partial charge in [0.15, 0.2) is 0 Å². The number of hydrogen-bond acceptors (Lipinski definition) is 0. The van der Waals surface area contributed by atoms with Crippen molar-refractivity contribution < 1.29 is 0 Å². The van der Waals surface area contributed by atoms with Gasteiger partial charge in [-0.05, 0) is 19.4 Å². The van der Waals surface area contributed by atoms with E-state index >= 15 is 0 Å². The molecule has 10 heavy (non-hydrogen) atoms. The lowest BCUT2D eigenvalue weighted by Crippen LogP contribution is -1.99. The normalized spacial score (nSPS) is 14.3. The molecular weight excluding hydrogens is 251 g/mol. The number of allylic oxidation sites excluding steroid dienone is 2. The summed E-state index contributed by atoms with van der Waals surface area (Å²) in [7, 11) is 0. The van der Waals surface area contributed by atoms with Gasteiger partial charge in [-0.2, -0.15) is 0 Å². The van der Waals surface area contributed by atoms with Crippen molar-refractivity contribution in [2.45, 2.75) is 38.8 Å². The van der Waals surface area contributed by atoms with E-state index in [0.29, 0.717) is 0 Å². The Labute approximate surface area is 78.9 Å². The number of hydrogen-bond donors (Lipinski definition) is 0. The van der Waals surface area contributed by atoms with E-state index in [1.807, 2.05) is 0 Å².